The summed E-state index contributed by atoms with van der Waals surface area (Å²) in [6.45, 7) is 11.7. The number of benzene rings is 1. The summed E-state index contributed by atoms with van der Waals surface area (Å²) in [6.07, 6.45) is 0. The fourth-order valence-corrected chi connectivity index (χ4v) is 1.04. The molecule has 0 heterocycles. The molecule has 0 atom stereocenters. The molecular formula is C14H25FO2. The van der Waals surface area contributed by atoms with Gasteiger partial charge in [0.2, 0.25) is 0 Å². The Balaban J connectivity index is 0. The van der Waals surface area contributed by atoms with Gasteiger partial charge in [-0.15, -0.1) is 0 Å². The maximum atomic E-state index is 13.0. The summed E-state index contributed by atoms with van der Waals surface area (Å²) in [5.41, 5.74) is 1.44. The molecule has 0 aliphatic rings. The topological polar surface area (TPSA) is 18.5 Å². The van der Waals surface area contributed by atoms with Gasteiger partial charge in [0, 0.05) is 7.11 Å². The number of halogens is 1. The first-order valence-corrected chi connectivity index (χ1v) is 6.04. The van der Waals surface area contributed by atoms with E-state index in [0.29, 0.717) is 11.3 Å². The molecule has 0 saturated heterocycles. The molecule has 0 unspecified atom stereocenters. The molecule has 0 spiro atoms. The zero-order chi connectivity index (χ0) is 13.8. The van der Waals surface area contributed by atoms with Crippen molar-refractivity contribution in [2.75, 3.05) is 13.9 Å². The summed E-state index contributed by atoms with van der Waals surface area (Å²) in [5, 5.41) is 0. The first kappa shape index (κ1) is 18.3. The van der Waals surface area contributed by atoms with Gasteiger partial charge in [-0.3, -0.25) is 0 Å². The maximum absolute atomic E-state index is 13.0. The van der Waals surface area contributed by atoms with Gasteiger partial charge in [-0.2, -0.15) is 0 Å². The highest BCUT2D eigenvalue weighted by Crippen LogP contribution is 2.22. The van der Waals surface area contributed by atoms with Crippen molar-refractivity contribution in [3.63, 3.8) is 0 Å². The molecule has 0 saturated carbocycles. The van der Waals surface area contributed by atoms with Crippen LogP contribution in [0, 0.1) is 19.7 Å². The monoisotopic (exact) mass is 244 g/mol. The van der Waals surface area contributed by atoms with Crippen LogP contribution in [0.25, 0.3) is 0 Å². The van der Waals surface area contributed by atoms with Crippen LogP contribution in [0.15, 0.2) is 12.1 Å². The van der Waals surface area contributed by atoms with Gasteiger partial charge >= 0.3 is 0 Å². The van der Waals surface area contributed by atoms with E-state index in [1.165, 1.54) is 6.07 Å². The number of ether oxygens (including phenoxy) is 2. The van der Waals surface area contributed by atoms with Crippen molar-refractivity contribution in [2.45, 2.75) is 41.5 Å². The predicted octanol–water partition coefficient (Wildman–Crippen LogP) is 4.48. The average Bonchev–Trinajstić information content (AvgIpc) is 2.40. The van der Waals surface area contributed by atoms with Gasteiger partial charge in [-0.05, 0) is 37.1 Å². The molecule has 1 aromatic rings. The summed E-state index contributed by atoms with van der Waals surface area (Å²) in [4.78, 5) is 0. The van der Waals surface area contributed by atoms with Crippen LogP contribution in [0.1, 0.15) is 38.8 Å². The van der Waals surface area contributed by atoms with Crippen molar-refractivity contribution in [3.05, 3.63) is 29.1 Å². The molecule has 0 fully saturated rings. The Bertz CT molecular complexity index is 299. The normalized spacial score (nSPS) is 8.47. The lowest BCUT2D eigenvalue weighted by molar-refractivity contribution is 0.0505. The minimum Gasteiger partial charge on any atom is -0.467 e. The molecule has 1 aromatic carbocycles. The van der Waals surface area contributed by atoms with Crippen LogP contribution in [0.5, 0.6) is 5.75 Å². The molecule has 0 aromatic heterocycles. The quantitative estimate of drug-likeness (QED) is 0.730. The Kier molecular flexibility index (Phi) is 12.3. The molecule has 0 aliphatic carbocycles. The molecule has 100 valence electrons. The number of rotatable bonds is 3. The number of hydrogen-bond donors (Lipinski definition) is 0. The Labute approximate surface area is 105 Å². The maximum Gasteiger partial charge on any atom is 0.188 e. The Morgan fingerprint density at radius 1 is 1.00 bits per heavy atom. The smallest absolute Gasteiger partial charge is 0.188 e. The van der Waals surface area contributed by atoms with E-state index in [4.69, 9.17) is 9.47 Å². The third-order valence-corrected chi connectivity index (χ3v) is 2.00. The standard InChI is InChI=1S/C10H13FO2.2C2H6/c1-7-8(2)10(13-6-12-3)5-4-9(7)11;2*1-2/h4-5H,6H2,1-3H3;2*1-2H3. The highest BCUT2D eigenvalue weighted by atomic mass is 19.1. The van der Waals surface area contributed by atoms with Crippen LogP contribution in [0.3, 0.4) is 0 Å². The van der Waals surface area contributed by atoms with Crippen LogP contribution in [0.2, 0.25) is 0 Å². The fourth-order valence-electron chi connectivity index (χ4n) is 1.04. The van der Waals surface area contributed by atoms with Crippen LogP contribution in [-0.4, -0.2) is 13.9 Å². The predicted molar refractivity (Wildman–Crippen MR) is 71.1 cm³/mol. The second-order valence-electron chi connectivity index (χ2n) is 2.85. The zero-order valence-electron chi connectivity index (χ0n) is 12.1. The average molecular weight is 244 g/mol. The van der Waals surface area contributed by atoms with Gasteiger partial charge < -0.3 is 9.47 Å². The van der Waals surface area contributed by atoms with Crippen molar-refractivity contribution in [2.24, 2.45) is 0 Å². The molecule has 0 radical (unpaired) electrons. The summed E-state index contributed by atoms with van der Waals surface area (Å²) in [7, 11) is 1.55. The third kappa shape index (κ3) is 6.27. The van der Waals surface area contributed by atoms with Gasteiger partial charge in [-0.1, -0.05) is 27.7 Å². The fraction of sp³-hybridized carbons (Fsp3) is 0.571. The minimum atomic E-state index is -0.206. The van der Waals surface area contributed by atoms with Crippen molar-refractivity contribution >= 4 is 0 Å². The summed E-state index contributed by atoms with van der Waals surface area (Å²) < 4.78 is 23.0. The first-order chi connectivity index (χ1) is 8.16. The first-order valence-electron chi connectivity index (χ1n) is 6.04. The largest absolute Gasteiger partial charge is 0.467 e. The molecule has 2 nitrogen and oxygen atoms in total. The Morgan fingerprint density at radius 2 is 1.53 bits per heavy atom. The van der Waals surface area contributed by atoms with Crippen LogP contribution < -0.4 is 4.74 Å². The van der Waals surface area contributed by atoms with Crippen molar-refractivity contribution in [1.29, 1.82) is 0 Å². The van der Waals surface area contributed by atoms with Crippen molar-refractivity contribution in [3.8, 4) is 5.75 Å². The van der Waals surface area contributed by atoms with E-state index >= 15 is 0 Å². The van der Waals surface area contributed by atoms with Crippen molar-refractivity contribution in [1.82, 2.24) is 0 Å². The third-order valence-electron chi connectivity index (χ3n) is 2.00. The zero-order valence-corrected chi connectivity index (χ0v) is 12.1. The molecule has 0 N–H and O–H groups in total. The molecule has 3 heteroatoms. The van der Waals surface area contributed by atoms with Crippen LogP contribution >= 0.6 is 0 Å². The second-order valence-corrected chi connectivity index (χ2v) is 2.85. The van der Waals surface area contributed by atoms with E-state index in [9.17, 15) is 4.39 Å². The lowest BCUT2D eigenvalue weighted by Gasteiger charge is -2.10. The number of hydrogen-bond acceptors (Lipinski definition) is 2. The molecule has 0 bridgehead atoms. The van der Waals surface area contributed by atoms with Gasteiger partial charge in [0.05, 0.1) is 0 Å². The molecular weight excluding hydrogens is 219 g/mol. The number of methoxy groups -OCH3 is 1. The Hall–Kier alpha value is -1.09. The van der Waals surface area contributed by atoms with E-state index < -0.39 is 0 Å². The summed E-state index contributed by atoms with van der Waals surface area (Å²) >= 11 is 0. The van der Waals surface area contributed by atoms with Crippen LogP contribution in [-0.2, 0) is 4.74 Å². The lowest BCUT2D eigenvalue weighted by atomic mass is 10.1. The lowest BCUT2D eigenvalue weighted by Crippen LogP contribution is -2.01. The minimum absolute atomic E-state index is 0.186. The van der Waals surface area contributed by atoms with Gasteiger partial charge in [0.25, 0.3) is 0 Å². The van der Waals surface area contributed by atoms with Crippen LogP contribution in [0.4, 0.5) is 4.39 Å². The SMILES string of the molecule is CC.CC.COCOc1ccc(F)c(C)c1C. The van der Waals surface area contributed by atoms with Gasteiger partial charge in [0.15, 0.2) is 6.79 Å². The Morgan fingerprint density at radius 3 is 2.00 bits per heavy atom. The van der Waals surface area contributed by atoms with E-state index in [-0.39, 0.29) is 12.6 Å². The highest BCUT2D eigenvalue weighted by molar-refractivity contribution is 5.39. The van der Waals surface area contributed by atoms with Gasteiger partial charge in [-0.25, -0.2) is 4.39 Å². The molecule has 1 rings (SSSR count). The van der Waals surface area contributed by atoms with E-state index in [0.717, 1.165) is 5.56 Å². The van der Waals surface area contributed by atoms with E-state index in [1.54, 1.807) is 20.1 Å². The van der Waals surface area contributed by atoms with E-state index in [2.05, 4.69) is 0 Å². The van der Waals surface area contributed by atoms with E-state index in [1.807, 2.05) is 34.6 Å². The van der Waals surface area contributed by atoms with Gasteiger partial charge in [0.1, 0.15) is 11.6 Å². The highest BCUT2D eigenvalue weighted by Gasteiger charge is 2.06. The molecule has 0 amide bonds. The molecule has 17 heavy (non-hydrogen) atoms. The van der Waals surface area contributed by atoms with Crippen molar-refractivity contribution < 1.29 is 13.9 Å². The second kappa shape index (κ2) is 11.4. The molecule has 0 aliphatic heterocycles. The summed E-state index contributed by atoms with van der Waals surface area (Å²) in [5.74, 6) is 0.461. The summed E-state index contributed by atoms with van der Waals surface area (Å²) in [6, 6.07) is 3.00.